The minimum atomic E-state index is -1.17. The quantitative estimate of drug-likeness (QED) is 0.850. The molecule has 0 amide bonds. The van der Waals surface area contributed by atoms with Crippen LogP contribution in [-0.2, 0) is 0 Å². The van der Waals surface area contributed by atoms with Gasteiger partial charge in [0.25, 0.3) is 0 Å². The fraction of sp³-hybridized carbons (Fsp3) is 0.286. The van der Waals surface area contributed by atoms with Crippen LogP contribution in [0.1, 0.15) is 0 Å². The van der Waals surface area contributed by atoms with Gasteiger partial charge in [-0.2, -0.15) is 0 Å². The third-order valence-electron chi connectivity index (χ3n) is 3.72. The van der Waals surface area contributed by atoms with Gasteiger partial charge in [0.1, 0.15) is 4.34 Å². The van der Waals surface area contributed by atoms with E-state index in [9.17, 15) is 0 Å². The summed E-state index contributed by atoms with van der Waals surface area (Å²) >= 11 is 1.78. The summed E-state index contributed by atoms with van der Waals surface area (Å²) in [5, 5.41) is 3.40. The molecular weight excluding hydrogens is 274 g/mol. The van der Waals surface area contributed by atoms with Crippen molar-refractivity contribution in [2.45, 2.75) is 9.24 Å². The summed E-state index contributed by atoms with van der Waals surface area (Å²) in [7, 11) is -1.17. The average Bonchev–Trinajstić information content (AvgIpc) is 3.17. The van der Waals surface area contributed by atoms with Gasteiger partial charge in [0.15, 0.2) is 5.17 Å². The Morgan fingerprint density at radius 2 is 2.05 bits per heavy atom. The van der Waals surface area contributed by atoms with Crippen LogP contribution in [0.5, 0.6) is 0 Å². The molecular formula is C14H15N3S2. The minimum Gasteiger partial charge on any atom is -0.349 e. The number of rotatable bonds is 2. The topological polar surface area (TPSA) is 28.5 Å². The molecule has 5 heteroatoms. The molecule has 2 aliphatic heterocycles. The molecule has 2 aromatic rings. The summed E-state index contributed by atoms with van der Waals surface area (Å²) in [5.41, 5.74) is 0. The van der Waals surface area contributed by atoms with Crippen molar-refractivity contribution in [1.29, 1.82) is 0 Å². The van der Waals surface area contributed by atoms with E-state index in [0.717, 1.165) is 19.6 Å². The molecule has 4 rings (SSSR count). The number of benzene rings is 1. The van der Waals surface area contributed by atoms with Crippen LogP contribution in [0, 0.1) is 0 Å². The van der Waals surface area contributed by atoms with E-state index in [4.69, 9.17) is 4.99 Å². The number of hydrogen-bond donors (Lipinski definition) is 0. The van der Waals surface area contributed by atoms with Crippen LogP contribution in [0.2, 0.25) is 0 Å². The van der Waals surface area contributed by atoms with Crippen LogP contribution in [0.3, 0.4) is 0 Å². The van der Waals surface area contributed by atoms with Crippen molar-refractivity contribution in [3.05, 3.63) is 41.9 Å². The first-order chi connectivity index (χ1) is 9.41. The highest BCUT2D eigenvalue weighted by Gasteiger charge is 2.45. The lowest BCUT2D eigenvalue weighted by Crippen LogP contribution is -2.22. The summed E-state index contributed by atoms with van der Waals surface area (Å²) < 4.78 is 1.27. The van der Waals surface area contributed by atoms with Crippen LogP contribution >= 0.6 is 21.4 Å². The fourth-order valence-electron chi connectivity index (χ4n) is 2.86. The van der Waals surface area contributed by atoms with Crippen LogP contribution < -0.4 is 0 Å². The minimum absolute atomic E-state index is 0.947. The molecule has 0 bridgehead atoms. The SMILES string of the molecule is c1ccc(S2(c3nccs3)CCN3CCN=C32)cc1. The zero-order valence-corrected chi connectivity index (χ0v) is 12.2. The number of nitrogens with zero attached hydrogens (tertiary/aromatic N) is 3. The smallest absolute Gasteiger partial charge is 0.152 e. The highest BCUT2D eigenvalue weighted by Crippen LogP contribution is 2.67. The van der Waals surface area contributed by atoms with Gasteiger partial charge >= 0.3 is 0 Å². The van der Waals surface area contributed by atoms with Gasteiger partial charge in [-0.3, -0.25) is 4.99 Å². The summed E-state index contributed by atoms with van der Waals surface area (Å²) in [6, 6.07) is 10.9. The fourth-order valence-corrected chi connectivity index (χ4v) is 8.26. The van der Waals surface area contributed by atoms with Crippen LogP contribution in [0.4, 0.5) is 0 Å². The molecule has 0 saturated carbocycles. The summed E-state index contributed by atoms with van der Waals surface area (Å²) in [4.78, 5) is 13.4. The number of aliphatic imine (C=N–C) groups is 1. The van der Waals surface area contributed by atoms with E-state index in [2.05, 4.69) is 45.6 Å². The monoisotopic (exact) mass is 289 g/mol. The van der Waals surface area contributed by atoms with E-state index in [0.29, 0.717) is 0 Å². The predicted octanol–water partition coefficient (Wildman–Crippen LogP) is 3.05. The molecule has 0 N–H and O–H groups in total. The normalized spacial score (nSPS) is 28.8. The molecule has 0 radical (unpaired) electrons. The Labute approximate surface area is 118 Å². The van der Waals surface area contributed by atoms with Crippen LogP contribution in [0.25, 0.3) is 0 Å². The summed E-state index contributed by atoms with van der Waals surface area (Å²) in [5.74, 6) is 1.17. The van der Waals surface area contributed by atoms with Gasteiger partial charge in [-0.05, 0) is 12.1 Å². The molecule has 1 aromatic heterocycles. The zero-order chi connectivity index (χ0) is 12.7. The van der Waals surface area contributed by atoms with Crippen molar-refractivity contribution in [1.82, 2.24) is 9.88 Å². The van der Waals surface area contributed by atoms with E-state index in [1.807, 2.05) is 6.20 Å². The molecule has 1 atom stereocenters. The molecule has 2 aliphatic rings. The second kappa shape index (κ2) is 4.35. The molecule has 1 aromatic carbocycles. The van der Waals surface area contributed by atoms with Crippen LogP contribution in [-0.4, -0.2) is 40.4 Å². The number of thiazole rings is 1. The Morgan fingerprint density at radius 1 is 1.16 bits per heavy atom. The van der Waals surface area contributed by atoms with Crippen molar-refractivity contribution in [3.8, 4) is 0 Å². The van der Waals surface area contributed by atoms with Gasteiger partial charge in [0.2, 0.25) is 0 Å². The van der Waals surface area contributed by atoms with E-state index in [1.165, 1.54) is 20.2 Å². The highest BCUT2D eigenvalue weighted by atomic mass is 32.3. The lowest BCUT2D eigenvalue weighted by molar-refractivity contribution is 0.504. The maximum atomic E-state index is 4.83. The zero-order valence-electron chi connectivity index (χ0n) is 10.5. The molecule has 98 valence electrons. The maximum absolute atomic E-state index is 4.83. The molecule has 0 aliphatic carbocycles. The Hall–Kier alpha value is -1.33. The Morgan fingerprint density at radius 3 is 2.84 bits per heavy atom. The molecule has 1 saturated heterocycles. The Bertz CT molecular complexity index is 609. The Kier molecular flexibility index (Phi) is 2.63. The van der Waals surface area contributed by atoms with E-state index in [-0.39, 0.29) is 0 Å². The van der Waals surface area contributed by atoms with Crippen LogP contribution in [0.15, 0.2) is 56.1 Å². The van der Waals surface area contributed by atoms with Crippen molar-refractivity contribution in [3.63, 3.8) is 0 Å². The summed E-state index contributed by atoms with van der Waals surface area (Å²) in [6.45, 7) is 3.16. The van der Waals surface area contributed by atoms with Gasteiger partial charge < -0.3 is 4.90 Å². The number of hydrogen-bond acceptors (Lipinski definition) is 4. The molecule has 0 spiro atoms. The lowest BCUT2D eigenvalue weighted by Gasteiger charge is -2.33. The first kappa shape index (κ1) is 11.5. The molecule has 1 unspecified atom stereocenters. The third kappa shape index (κ3) is 1.58. The Balaban J connectivity index is 1.95. The summed E-state index contributed by atoms with van der Waals surface area (Å²) in [6.07, 6.45) is 1.93. The second-order valence-corrected chi connectivity index (χ2v) is 8.97. The van der Waals surface area contributed by atoms with Gasteiger partial charge in [-0.25, -0.2) is 4.98 Å². The largest absolute Gasteiger partial charge is 0.349 e. The van der Waals surface area contributed by atoms with Crippen molar-refractivity contribution in [2.75, 3.05) is 25.4 Å². The van der Waals surface area contributed by atoms with Gasteiger partial charge in [0.05, 0.1) is 6.54 Å². The number of aromatic nitrogens is 1. The third-order valence-corrected chi connectivity index (χ3v) is 9.01. The van der Waals surface area contributed by atoms with E-state index in [1.54, 1.807) is 11.3 Å². The van der Waals surface area contributed by atoms with E-state index < -0.39 is 10.0 Å². The van der Waals surface area contributed by atoms with Crippen molar-refractivity contribution in [2.24, 2.45) is 4.99 Å². The first-order valence-corrected chi connectivity index (χ1v) is 9.14. The second-order valence-electron chi connectivity index (χ2n) is 4.71. The van der Waals surface area contributed by atoms with Gasteiger partial charge in [0, 0.05) is 35.3 Å². The molecule has 19 heavy (non-hydrogen) atoms. The number of amidine groups is 1. The molecule has 3 heterocycles. The standard InChI is InChI=1S/C14H15N3S2/c1-2-4-12(5-3-1)19(14-16-7-10-18-14)11-9-17-8-6-15-13(17)19/h1-5,7,10H,6,8-9,11H2. The maximum Gasteiger partial charge on any atom is 0.152 e. The van der Waals surface area contributed by atoms with Gasteiger partial charge in [-0.1, -0.05) is 18.2 Å². The number of fused-ring (bicyclic) bond motifs is 1. The highest BCUT2D eigenvalue weighted by molar-refractivity contribution is 8.46. The molecule has 3 nitrogen and oxygen atoms in total. The van der Waals surface area contributed by atoms with Gasteiger partial charge in [-0.15, -0.1) is 21.4 Å². The molecule has 1 fully saturated rings. The predicted molar refractivity (Wildman–Crippen MR) is 81.4 cm³/mol. The van der Waals surface area contributed by atoms with Crippen molar-refractivity contribution < 1.29 is 0 Å². The lowest BCUT2D eigenvalue weighted by atomic mass is 10.4. The first-order valence-electron chi connectivity index (χ1n) is 6.46. The van der Waals surface area contributed by atoms with E-state index >= 15 is 0 Å². The average molecular weight is 289 g/mol. The van der Waals surface area contributed by atoms with Crippen molar-refractivity contribution >= 4 is 26.5 Å².